The van der Waals surface area contributed by atoms with Crippen LogP contribution in [0.1, 0.15) is 15.4 Å². The zero-order valence-electron chi connectivity index (χ0n) is 11.1. The van der Waals surface area contributed by atoms with Crippen LogP contribution in [0.3, 0.4) is 0 Å². The molecule has 2 N–H and O–H groups in total. The maximum Gasteiger partial charge on any atom is 0.270 e. The molecule has 0 aliphatic carbocycles. The molecule has 3 aromatic rings. The summed E-state index contributed by atoms with van der Waals surface area (Å²) in [5, 5.41) is 15.2. The Morgan fingerprint density at radius 3 is 2.68 bits per heavy atom. The van der Waals surface area contributed by atoms with Gasteiger partial charge in [-0.1, -0.05) is 11.2 Å². The molecule has 10 heteroatoms. The summed E-state index contributed by atoms with van der Waals surface area (Å²) in [4.78, 5) is 16.4. The van der Waals surface area contributed by atoms with Crippen molar-refractivity contribution in [2.75, 3.05) is 5.32 Å². The number of nitrogens with zero attached hydrogens (tertiary/aromatic N) is 4. The van der Waals surface area contributed by atoms with Gasteiger partial charge in [-0.3, -0.25) is 10.1 Å². The first-order valence-electron chi connectivity index (χ1n) is 6.03. The second-order valence-electron chi connectivity index (χ2n) is 4.22. The smallest absolute Gasteiger partial charge is 0.270 e. The van der Waals surface area contributed by atoms with Crippen LogP contribution in [0.2, 0.25) is 0 Å². The van der Waals surface area contributed by atoms with Crippen LogP contribution < -0.4 is 5.32 Å². The zero-order chi connectivity index (χ0) is 15.7. The van der Waals surface area contributed by atoms with E-state index in [1.54, 1.807) is 6.92 Å². The first-order valence-corrected chi connectivity index (χ1v) is 6.84. The molecule has 0 spiro atoms. The second-order valence-corrected chi connectivity index (χ2v) is 5.22. The number of hydrogen-bond donors (Lipinski definition) is 2. The van der Waals surface area contributed by atoms with Gasteiger partial charge >= 0.3 is 0 Å². The van der Waals surface area contributed by atoms with Crippen LogP contribution in [0.4, 0.5) is 14.7 Å². The number of rotatable bonds is 3. The summed E-state index contributed by atoms with van der Waals surface area (Å²) in [6.07, 6.45) is 0. The minimum atomic E-state index is -0.737. The van der Waals surface area contributed by atoms with Gasteiger partial charge in [0, 0.05) is 0 Å². The third-order valence-electron chi connectivity index (χ3n) is 2.75. The molecule has 112 valence electrons. The Kier molecular flexibility index (Phi) is 3.59. The SMILES string of the molecule is Cc1nc(-c2c(F)cccc2F)sc1C(=O)Nc1nn[nH]n1. The van der Waals surface area contributed by atoms with Crippen LogP contribution in [0.15, 0.2) is 18.2 Å². The number of H-pyrrole nitrogens is 1. The number of tetrazole rings is 1. The third kappa shape index (κ3) is 2.55. The number of nitrogens with one attached hydrogen (secondary N) is 2. The minimum Gasteiger partial charge on any atom is -0.287 e. The molecule has 0 radical (unpaired) electrons. The normalized spacial score (nSPS) is 10.7. The Labute approximate surface area is 126 Å². The molecule has 0 saturated heterocycles. The van der Waals surface area contributed by atoms with Crippen molar-refractivity contribution in [2.24, 2.45) is 0 Å². The van der Waals surface area contributed by atoms with E-state index in [0.29, 0.717) is 5.69 Å². The van der Waals surface area contributed by atoms with Gasteiger partial charge in [-0.2, -0.15) is 5.21 Å². The minimum absolute atomic E-state index is 0.00331. The number of carbonyl (C=O) groups is 1. The Morgan fingerprint density at radius 2 is 2.05 bits per heavy atom. The van der Waals surface area contributed by atoms with E-state index in [4.69, 9.17) is 0 Å². The van der Waals surface area contributed by atoms with Crippen molar-refractivity contribution in [2.45, 2.75) is 6.92 Å². The number of benzene rings is 1. The number of aromatic nitrogens is 5. The van der Waals surface area contributed by atoms with Gasteiger partial charge in [0.15, 0.2) is 0 Å². The van der Waals surface area contributed by atoms with Crippen molar-refractivity contribution in [1.29, 1.82) is 0 Å². The van der Waals surface area contributed by atoms with Crippen LogP contribution in [-0.2, 0) is 0 Å². The fraction of sp³-hybridized carbons (Fsp3) is 0.0833. The highest BCUT2D eigenvalue weighted by Gasteiger charge is 2.21. The van der Waals surface area contributed by atoms with Crippen molar-refractivity contribution in [3.05, 3.63) is 40.4 Å². The fourth-order valence-corrected chi connectivity index (χ4v) is 2.80. The Hall–Kier alpha value is -2.75. The number of aryl methyl sites for hydroxylation is 1. The molecule has 0 atom stereocenters. The molecular formula is C12H8F2N6OS. The van der Waals surface area contributed by atoms with E-state index in [1.807, 2.05) is 0 Å². The lowest BCUT2D eigenvalue weighted by Crippen LogP contribution is -2.12. The van der Waals surface area contributed by atoms with Crippen LogP contribution in [-0.4, -0.2) is 31.5 Å². The zero-order valence-corrected chi connectivity index (χ0v) is 11.9. The second kappa shape index (κ2) is 5.56. The maximum atomic E-state index is 13.8. The summed E-state index contributed by atoms with van der Waals surface area (Å²) >= 11 is 0.882. The van der Waals surface area contributed by atoms with Crippen molar-refractivity contribution in [3.63, 3.8) is 0 Å². The van der Waals surface area contributed by atoms with Gasteiger partial charge in [0.25, 0.3) is 11.9 Å². The average molecular weight is 322 g/mol. The van der Waals surface area contributed by atoms with Gasteiger partial charge in [-0.15, -0.1) is 16.4 Å². The highest BCUT2D eigenvalue weighted by Crippen LogP contribution is 2.31. The Morgan fingerprint density at radius 1 is 1.32 bits per heavy atom. The molecule has 7 nitrogen and oxygen atoms in total. The van der Waals surface area contributed by atoms with E-state index in [2.05, 4.69) is 30.9 Å². The summed E-state index contributed by atoms with van der Waals surface area (Å²) in [5.74, 6) is -2.01. The summed E-state index contributed by atoms with van der Waals surface area (Å²) in [7, 11) is 0. The summed E-state index contributed by atoms with van der Waals surface area (Å²) in [5.41, 5.74) is 0.0952. The lowest BCUT2D eigenvalue weighted by Gasteiger charge is -1.99. The lowest BCUT2D eigenvalue weighted by molar-refractivity contribution is 0.102. The summed E-state index contributed by atoms with van der Waals surface area (Å²) < 4.78 is 27.6. The topological polar surface area (TPSA) is 96.5 Å². The number of thiazole rings is 1. The van der Waals surface area contributed by atoms with E-state index in [9.17, 15) is 13.6 Å². The number of hydrogen-bond acceptors (Lipinski definition) is 6. The Bertz CT molecular complexity index is 812. The Balaban J connectivity index is 1.96. The predicted octanol–water partition coefficient (Wildman–Crippen LogP) is 2.16. The molecule has 1 aromatic carbocycles. The number of aromatic amines is 1. The van der Waals surface area contributed by atoms with Gasteiger partial charge in [0.1, 0.15) is 21.5 Å². The van der Waals surface area contributed by atoms with Crippen LogP contribution in [0.5, 0.6) is 0 Å². The lowest BCUT2D eigenvalue weighted by atomic mass is 10.2. The molecule has 0 saturated carbocycles. The molecular weight excluding hydrogens is 314 g/mol. The standard InChI is InChI=1S/C12H8F2N6OS/c1-5-9(10(21)16-12-17-19-20-18-12)22-11(15-5)8-6(13)3-2-4-7(8)14/h2-4H,1H3,(H2,16,17,18,19,20,21). The molecule has 3 rings (SSSR count). The molecule has 1 amide bonds. The van der Waals surface area contributed by atoms with Crippen molar-refractivity contribution >= 4 is 23.2 Å². The van der Waals surface area contributed by atoms with E-state index >= 15 is 0 Å². The van der Waals surface area contributed by atoms with Crippen LogP contribution >= 0.6 is 11.3 Å². The van der Waals surface area contributed by atoms with Crippen molar-refractivity contribution < 1.29 is 13.6 Å². The predicted molar refractivity (Wildman–Crippen MR) is 74.3 cm³/mol. The van der Waals surface area contributed by atoms with E-state index in [0.717, 1.165) is 23.5 Å². The monoisotopic (exact) mass is 322 g/mol. The van der Waals surface area contributed by atoms with Crippen LogP contribution in [0.25, 0.3) is 10.6 Å². The molecule has 0 aliphatic rings. The van der Waals surface area contributed by atoms with E-state index in [1.165, 1.54) is 6.07 Å². The summed E-state index contributed by atoms with van der Waals surface area (Å²) in [6.45, 7) is 1.57. The van der Waals surface area contributed by atoms with Gasteiger partial charge in [-0.05, 0) is 24.3 Å². The maximum absolute atomic E-state index is 13.8. The third-order valence-corrected chi connectivity index (χ3v) is 3.92. The molecule has 0 fully saturated rings. The number of halogens is 2. The quantitative estimate of drug-likeness (QED) is 0.770. The van der Waals surface area contributed by atoms with Crippen molar-refractivity contribution in [3.8, 4) is 10.6 Å². The first kappa shape index (κ1) is 14.2. The molecule has 0 aliphatic heterocycles. The number of amides is 1. The van der Waals surface area contributed by atoms with Gasteiger partial charge in [-0.25, -0.2) is 13.8 Å². The van der Waals surface area contributed by atoms with Gasteiger partial charge < -0.3 is 0 Å². The molecule has 2 aromatic heterocycles. The molecule has 0 bridgehead atoms. The number of anilines is 1. The number of carbonyl (C=O) groups excluding carboxylic acids is 1. The van der Waals surface area contributed by atoms with Gasteiger partial charge in [0.05, 0.1) is 11.3 Å². The highest BCUT2D eigenvalue weighted by atomic mass is 32.1. The van der Waals surface area contributed by atoms with E-state index < -0.39 is 17.5 Å². The van der Waals surface area contributed by atoms with E-state index in [-0.39, 0.29) is 21.4 Å². The first-order chi connectivity index (χ1) is 10.6. The highest BCUT2D eigenvalue weighted by molar-refractivity contribution is 7.17. The van der Waals surface area contributed by atoms with Gasteiger partial charge in [0.2, 0.25) is 0 Å². The molecule has 0 unspecified atom stereocenters. The molecule has 2 heterocycles. The summed E-state index contributed by atoms with van der Waals surface area (Å²) in [6, 6.07) is 3.53. The fourth-order valence-electron chi connectivity index (χ4n) is 1.79. The van der Waals surface area contributed by atoms with Crippen LogP contribution in [0, 0.1) is 18.6 Å². The van der Waals surface area contributed by atoms with Crippen molar-refractivity contribution in [1.82, 2.24) is 25.6 Å². The average Bonchev–Trinajstić information content (AvgIpc) is 3.08. The molecule has 22 heavy (non-hydrogen) atoms. The largest absolute Gasteiger partial charge is 0.287 e.